The number of aliphatic hydroxyl groups is 1. The summed E-state index contributed by atoms with van der Waals surface area (Å²) in [6.45, 7) is 4.74. The number of halogens is 1. The lowest BCUT2D eigenvalue weighted by atomic mass is 9.68. The van der Waals surface area contributed by atoms with E-state index in [0.29, 0.717) is 11.8 Å². The average Bonchev–Trinajstić information content (AvgIpc) is 2.39. The molecule has 1 aromatic carbocycles. The third kappa shape index (κ3) is 3.32. The van der Waals surface area contributed by atoms with Crippen molar-refractivity contribution in [2.45, 2.75) is 45.1 Å². The van der Waals surface area contributed by atoms with Gasteiger partial charge in [-0.15, -0.1) is 0 Å². The number of nitrogens with one attached hydrogen (secondary N) is 1. The third-order valence-electron chi connectivity index (χ3n) is 4.40. The molecule has 0 heterocycles. The Hall–Kier alpha value is -0.540. The minimum absolute atomic E-state index is 0.160. The van der Waals surface area contributed by atoms with Crippen LogP contribution in [-0.4, -0.2) is 17.3 Å². The van der Waals surface area contributed by atoms with Crippen molar-refractivity contribution in [2.24, 2.45) is 11.8 Å². The van der Waals surface area contributed by atoms with Crippen LogP contribution in [0.25, 0.3) is 0 Å². The molecule has 2 N–H and O–H groups in total. The van der Waals surface area contributed by atoms with E-state index in [9.17, 15) is 5.11 Å². The summed E-state index contributed by atoms with van der Waals surface area (Å²) in [5.41, 5.74) is 0.934. The first kappa shape index (κ1) is 14.9. The molecule has 0 bridgehead atoms. The first-order valence-corrected chi connectivity index (χ1v) is 8.01. The van der Waals surface area contributed by atoms with Crippen LogP contribution >= 0.6 is 15.9 Å². The average molecular weight is 326 g/mol. The van der Waals surface area contributed by atoms with Crippen LogP contribution in [0.5, 0.6) is 0 Å². The van der Waals surface area contributed by atoms with Crippen molar-refractivity contribution in [3.05, 3.63) is 28.7 Å². The molecule has 0 saturated heterocycles. The first-order valence-electron chi connectivity index (χ1n) is 7.22. The fraction of sp³-hybridized carbons (Fsp3) is 0.625. The molecule has 1 aliphatic rings. The van der Waals surface area contributed by atoms with Gasteiger partial charge in [-0.05, 0) is 42.9 Å². The van der Waals surface area contributed by atoms with Crippen LogP contribution < -0.4 is 5.32 Å². The highest BCUT2D eigenvalue weighted by Crippen LogP contribution is 2.40. The number of anilines is 1. The van der Waals surface area contributed by atoms with E-state index in [0.717, 1.165) is 16.6 Å². The molecule has 3 heteroatoms. The molecule has 0 spiro atoms. The smallest absolute Gasteiger partial charge is 0.0664 e. The molecule has 0 amide bonds. The van der Waals surface area contributed by atoms with E-state index in [4.69, 9.17) is 0 Å². The van der Waals surface area contributed by atoms with Crippen LogP contribution in [-0.2, 0) is 0 Å². The van der Waals surface area contributed by atoms with Crippen LogP contribution in [0, 0.1) is 11.8 Å². The van der Waals surface area contributed by atoms with Crippen molar-refractivity contribution in [3.63, 3.8) is 0 Å². The Bertz CT molecular complexity index is 421. The van der Waals surface area contributed by atoms with Crippen molar-refractivity contribution in [1.29, 1.82) is 0 Å². The summed E-state index contributed by atoms with van der Waals surface area (Å²) in [5.74, 6) is 1.12. The van der Waals surface area contributed by atoms with Crippen LogP contribution in [0.2, 0.25) is 0 Å². The van der Waals surface area contributed by atoms with Gasteiger partial charge in [0.2, 0.25) is 0 Å². The summed E-state index contributed by atoms with van der Waals surface area (Å²) in [7, 11) is 0. The van der Waals surface area contributed by atoms with Crippen LogP contribution in [0.15, 0.2) is 28.7 Å². The molecule has 2 nitrogen and oxygen atoms in total. The lowest BCUT2D eigenvalue weighted by Gasteiger charge is -2.46. The number of hydrogen-bond acceptors (Lipinski definition) is 2. The van der Waals surface area contributed by atoms with Gasteiger partial charge >= 0.3 is 0 Å². The van der Waals surface area contributed by atoms with Gasteiger partial charge in [-0.3, -0.25) is 0 Å². The third-order valence-corrected chi connectivity index (χ3v) is 4.90. The first-order chi connectivity index (χ1) is 9.07. The van der Waals surface area contributed by atoms with Gasteiger partial charge in [-0.25, -0.2) is 0 Å². The van der Waals surface area contributed by atoms with Crippen molar-refractivity contribution in [3.8, 4) is 0 Å². The molecule has 106 valence electrons. The molecule has 19 heavy (non-hydrogen) atoms. The van der Waals surface area contributed by atoms with Gasteiger partial charge in [0.15, 0.2) is 0 Å². The molecule has 2 atom stereocenters. The highest BCUT2D eigenvalue weighted by atomic mass is 79.9. The van der Waals surface area contributed by atoms with Crippen LogP contribution in [0.1, 0.15) is 39.5 Å². The normalized spacial score (nSPS) is 27.5. The predicted molar refractivity (Wildman–Crippen MR) is 84.4 cm³/mol. The van der Waals surface area contributed by atoms with Gasteiger partial charge in [-0.2, -0.15) is 0 Å². The fourth-order valence-electron chi connectivity index (χ4n) is 3.48. The van der Waals surface area contributed by atoms with E-state index in [1.165, 1.54) is 19.3 Å². The van der Waals surface area contributed by atoms with Crippen molar-refractivity contribution >= 4 is 21.6 Å². The minimum Gasteiger partial charge on any atom is -0.394 e. The maximum absolute atomic E-state index is 10.0. The Morgan fingerprint density at radius 1 is 1.42 bits per heavy atom. The number of benzene rings is 1. The van der Waals surface area contributed by atoms with Crippen molar-refractivity contribution in [2.75, 3.05) is 11.9 Å². The van der Waals surface area contributed by atoms with E-state index >= 15 is 0 Å². The van der Waals surface area contributed by atoms with Gasteiger partial charge in [0.25, 0.3) is 0 Å². The summed E-state index contributed by atoms with van der Waals surface area (Å²) in [4.78, 5) is 0. The molecule has 1 saturated carbocycles. The minimum atomic E-state index is -0.160. The number of aliphatic hydroxyl groups excluding tert-OH is 1. The van der Waals surface area contributed by atoms with Gasteiger partial charge in [0, 0.05) is 10.2 Å². The zero-order chi connectivity index (χ0) is 13.9. The van der Waals surface area contributed by atoms with E-state index in [1.54, 1.807) is 0 Å². The SMILES string of the molecule is CC(C)C1CCCCC1(CO)Nc1cccc(Br)c1. The van der Waals surface area contributed by atoms with Gasteiger partial charge in [0.05, 0.1) is 12.1 Å². The van der Waals surface area contributed by atoms with E-state index in [2.05, 4.69) is 47.2 Å². The lowest BCUT2D eigenvalue weighted by Crippen LogP contribution is -2.52. The van der Waals surface area contributed by atoms with Gasteiger partial charge < -0.3 is 10.4 Å². The molecule has 2 unspecified atom stereocenters. The summed E-state index contributed by atoms with van der Waals surface area (Å²) >= 11 is 3.51. The highest BCUT2D eigenvalue weighted by molar-refractivity contribution is 9.10. The second kappa shape index (κ2) is 6.27. The van der Waals surface area contributed by atoms with Crippen LogP contribution in [0.3, 0.4) is 0 Å². The topological polar surface area (TPSA) is 32.3 Å². The van der Waals surface area contributed by atoms with E-state index in [1.807, 2.05) is 12.1 Å². The highest BCUT2D eigenvalue weighted by Gasteiger charge is 2.41. The Morgan fingerprint density at radius 2 is 2.21 bits per heavy atom. The quantitative estimate of drug-likeness (QED) is 0.857. The maximum atomic E-state index is 10.0. The van der Waals surface area contributed by atoms with E-state index in [-0.39, 0.29) is 12.1 Å². The summed E-state index contributed by atoms with van der Waals surface area (Å²) in [6, 6.07) is 8.22. The molecular weight excluding hydrogens is 302 g/mol. The molecule has 2 rings (SSSR count). The monoisotopic (exact) mass is 325 g/mol. The Morgan fingerprint density at radius 3 is 2.84 bits per heavy atom. The second-order valence-corrected chi connectivity index (χ2v) is 6.96. The van der Waals surface area contributed by atoms with Gasteiger partial charge in [-0.1, -0.05) is 48.7 Å². The zero-order valence-electron chi connectivity index (χ0n) is 11.8. The van der Waals surface area contributed by atoms with Crippen molar-refractivity contribution < 1.29 is 5.11 Å². The molecule has 1 aliphatic carbocycles. The molecule has 1 aromatic rings. The zero-order valence-corrected chi connectivity index (χ0v) is 13.4. The second-order valence-electron chi connectivity index (χ2n) is 6.05. The molecular formula is C16H24BrNO. The maximum Gasteiger partial charge on any atom is 0.0664 e. The molecule has 0 aromatic heterocycles. The molecule has 0 aliphatic heterocycles. The Kier molecular flexibility index (Phi) is 4.91. The largest absolute Gasteiger partial charge is 0.394 e. The lowest BCUT2D eigenvalue weighted by molar-refractivity contribution is 0.0898. The summed E-state index contributed by atoms with van der Waals surface area (Å²) in [5, 5.41) is 13.7. The summed E-state index contributed by atoms with van der Waals surface area (Å²) in [6.07, 6.45) is 4.74. The van der Waals surface area contributed by atoms with E-state index < -0.39 is 0 Å². The Balaban J connectivity index is 2.25. The number of hydrogen-bond donors (Lipinski definition) is 2. The standard InChI is InChI=1S/C16H24BrNO/c1-12(2)15-8-3-4-9-16(15,11-19)18-14-7-5-6-13(17)10-14/h5-7,10,12,15,18-19H,3-4,8-9,11H2,1-2H3. The molecule has 1 fully saturated rings. The predicted octanol–water partition coefficient (Wildman–Crippen LogP) is 4.44. The van der Waals surface area contributed by atoms with Crippen molar-refractivity contribution in [1.82, 2.24) is 0 Å². The fourth-order valence-corrected chi connectivity index (χ4v) is 3.88. The number of rotatable bonds is 4. The van der Waals surface area contributed by atoms with Gasteiger partial charge in [0.1, 0.15) is 0 Å². The molecule has 0 radical (unpaired) electrons. The summed E-state index contributed by atoms with van der Waals surface area (Å²) < 4.78 is 1.07. The Labute approximate surface area is 124 Å². The van der Waals surface area contributed by atoms with Crippen LogP contribution in [0.4, 0.5) is 5.69 Å².